The predicted molar refractivity (Wildman–Crippen MR) is 67.6 cm³/mol. The number of aromatic nitrogens is 2. The van der Waals surface area contributed by atoms with Crippen LogP contribution in [0.2, 0.25) is 0 Å². The summed E-state index contributed by atoms with van der Waals surface area (Å²) < 4.78 is 8.59. The standard InChI is InChI=1S/C11H17N3O3S/c1-5-17-8(15)6-14(4)11(16)10-9(7(2)3)12-13-18-10/h7H,5-6H2,1-4H3. The number of likely N-dealkylation sites (N-methyl/N-ethyl adjacent to an activating group) is 1. The fourth-order valence-corrected chi connectivity index (χ4v) is 2.18. The first-order valence-electron chi connectivity index (χ1n) is 5.70. The lowest BCUT2D eigenvalue weighted by molar-refractivity contribution is -0.143. The van der Waals surface area contributed by atoms with Gasteiger partial charge in [0, 0.05) is 7.05 Å². The minimum atomic E-state index is -0.420. The highest BCUT2D eigenvalue weighted by Gasteiger charge is 2.23. The van der Waals surface area contributed by atoms with Gasteiger partial charge >= 0.3 is 5.97 Å². The molecule has 1 aromatic rings. The van der Waals surface area contributed by atoms with Crippen LogP contribution in [-0.2, 0) is 9.53 Å². The lowest BCUT2D eigenvalue weighted by Crippen LogP contribution is -2.33. The zero-order valence-corrected chi connectivity index (χ0v) is 11.8. The highest BCUT2D eigenvalue weighted by molar-refractivity contribution is 7.08. The van der Waals surface area contributed by atoms with E-state index < -0.39 is 5.97 Å². The van der Waals surface area contributed by atoms with E-state index in [4.69, 9.17) is 4.74 Å². The van der Waals surface area contributed by atoms with Crippen molar-refractivity contribution in [2.45, 2.75) is 26.7 Å². The molecule has 18 heavy (non-hydrogen) atoms. The third-order valence-electron chi connectivity index (χ3n) is 2.27. The van der Waals surface area contributed by atoms with Gasteiger partial charge in [-0.05, 0) is 24.4 Å². The van der Waals surface area contributed by atoms with Crippen LogP contribution < -0.4 is 0 Å². The van der Waals surface area contributed by atoms with Gasteiger partial charge in [0.15, 0.2) is 0 Å². The number of amides is 1. The molecule has 0 saturated carbocycles. The summed E-state index contributed by atoms with van der Waals surface area (Å²) in [6.07, 6.45) is 0. The summed E-state index contributed by atoms with van der Waals surface area (Å²) in [5.41, 5.74) is 0.667. The lowest BCUT2D eigenvalue weighted by Gasteiger charge is -2.15. The molecule has 1 heterocycles. The van der Waals surface area contributed by atoms with Gasteiger partial charge in [0.2, 0.25) is 0 Å². The fraction of sp³-hybridized carbons (Fsp3) is 0.636. The number of carbonyl (C=O) groups excluding carboxylic acids is 2. The molecule has 1 aromatic heterocycles. The Morgan fingerprint density at radius 1 is 1.44 bits per heavy atom. The minimum Gasteiger partial charge on any atom is -0.465 e. The van der Waals surface area contributed by atoms with Crippen molar-refractivity contribution < 1.29 is 14.3 Å². The van der Waals surface area contributed by atoms with Gasteiger partial charge < -0.3 is 9.64 Å². The Balaban J connectivity index is 2.74. The van der Waals surface area contributed by atoms with Crippen molar-refractivity contribution in [2.24, 2.45) is 0 Å². The lowest BCUT2D eigenvalue weighted by atomic mass is 10.1. The Labute approximate surface area is 110 Å². The monoisotopic (exact) mass is 271 g/mol. The van der Waals surface area contributed by atoms with Crippen molar-refractivity contribution in [2.75, 3.05) is 20.2 Å². The van der Waals surface area contributed by atoms with E-state index in [2.05, 4.69) is 9.59 Å². The van der Waals surface area contributed by atoms with Gasteiger partial charge in [0.1, 0.15) is 11.4 Å². The van der Waals surface area contributed by atoms with Crippen LogP contribution in [0.1, 0.15) is 42.1 Å². The Kier molecular flexibility index (Phi) is 5.21. The first-order chi connectivity index (χ1) is 8.47. The molecule has 0 aromatic carbocycles. The summed E-state index contributed by atoms with van der Waals surface area (Å²) in [4.78, 5) is 25.2. The summed E-state index contributed by atoms with van der Waals surface area (Å²) in [5, 5.41) is 3.94. The molecule has 0 radical (unpaired) electrons. The van der Waals surface area contributed by atoms with Crippen LogP contribution in [0.25, 0.3) is 0 Å². The molecule has 0 N–H and O–H groups in total. The van der Waals surface area contributed by atoms with E-state index in [9.17, 15) is 9.59 Å². The molecule has 100 valence electrons. The summed E-state index contributed by atoms with van der Waals surface area (Å²) in [7, 11) is 1.56. The largest absolute Gasteiger partial charge is 0.465 e. The van der Waals surface area contributed by atoms with Crippen LogP contribution in [-0.4, -0.2) is 46.6 Å². The average Bonchev–Trinajstić information content (AvgIpc) is 2.76. The van der Waals surface area contributed by atoms with Crippen molar-refractivity contribution in [3.05, 3.63) is 10.6 Å². The molecule has 1 amide bonds. The third-order valence-corrected chi connectivity index (χ3v) is 3.00. The van der Waals surface area contributed by atoms with Crippen LogP contribution >= 0.6 is 11.5 Å². The highest BCUT2D eigenvalue weighted by Crippen LogP contribution is 2.20. The summed E-state index contributed by atoms with van der Waals surface area (Å²) in [6.45, 7) is 5.85. The predicted octanol–water partition coefficient (Wildman–Crippen LogP) is 1.30. The molecule has 0 aliphatic rings. The van der Waals surface area contributed by atoms with E-state index in [-0.39, 0.29) is 18.4 Å². The van der Waals surface area contributed by atoms with E-state index in [1.165, 1.54) is 4.90 Å². The van der Waals surface area contributed by atoms with Gasteiger partial charge in [-0.15, -0.1) is 5.10 Å². The van der Waals surface area contributed by atoms with Crippen molar-refractivity contribution >= 4 is 23.4 Å². The second kappa shape index (κ2) is 6.44. The number of esters is 1. The molecule has 0 unspecified atom stereocenters. The molecule has 0 saturated heterocycles. The number of carbonyl (C=O) groups is 2. The van der Waals surface area contributed by atoms with Crippen molar-refractivity contribution in [1.82, 2.24) is 14.5 Å². The van der Waals surface area contributed by atoms with Crippen molar-refractivity contribution in [1.29, 1.82) is 0 Å². The molecular formula is C11H17N3O3S. The average molecular weight is 271 g/mol. The Bertz CT molecular complexity index is 431. The minimum absolute atomic E-state index is 0.0674. The van der Waals surface area contributed by atoms with E-state index in [1.807, 2.05) is 13.8 Å². The third kappa shape index (κ3) is 3.49. The number of nitrogens with zero attached hydrogens (tertiary/aromatic N) is 3. The van der Waals surface area contributed by atoms with Gasteiger partial charge in [-0.3, -0.25) is 9.59 Å². The van der Waals surface area contributed by atoms with Crippen LogP contribution in [0.4, 0.5) is 0 Å². The number of ether oxygens (including phenoxy) is 1. The first kappa shape index (κ1) is 14.6. The van der Waals surface area contributed by atoms with Crippen LogP contribution in [0.3, 0.4) is 0 Å². The van der Waals surface area contributed by atoms with Gasteiger partial charge in [-0.25, -0.2) is 0 Å². The molecule has 0 spiro atoms. The van der Waals surface area contributed by atoms with E-state index in [0.717, 1.165) is 11.5 Å². The zero-order valence-electron chi connectivity index (χ0n) is 11.0. The fourth-order valence-electron chi connectivity index (χ4n) is 1.37. The molecule has 0 atom stereocenters. The molecular weight excluding hydrogens is 254 g/mol. The smallest absolute Gasteiger partial charge is 0.325 e. The summed E-state index contributed by atoms with van der Waals surface area (Å²) in [6, 6.07) is 0. The number of rotatable bonds is 5. The number of hydrogen-bond donors (Lipinski definition) is 0. The maximum Gasteiger partial charge on any atom is 0.325 e. The van der Waals surface area contributed by atoms with Crippen molar-refractivity contribution in [3.8, 4) is 0 Å². The molecule has 6 nitrogen and oxygen atoms in total. The first-order valence-corrected chi connectivity index (χ1v) is 6.48. The van der Waals surface area contributed by atoms with Gasteiger partial charge in [0.05, 0.1) is 12.3 Å². The van der Waals surface area contributed by atoms with Gasteiger partial charge in [-0.1, -0.05) is 18.3 Å². The van der Waals surface area contributed by atoms with Crippen molar-refractivity contribution in [3.63, 3.8) is 0 Å². The summed E-state index contributed by atoms with van der Waals surface area (Å²) in [5.74, 6) is -0.544. The Morgan fingerprint density at radius 2 is 2.11 bits per heavy atom. The topological polar surface area (TPSA) is 72.4 Å². The Morgan fingerprint density at radius 3 is 2.67 bits per heavy atom. The van der Waals surface area contributed by atoms with E-state index in [0.29, 0.717) is 17.2 Å². The highest BCUT2D eigenvalue weighted by atomic mass is 32.1. The quantitative estimate of drug-likeness (QED) is 0.755. The summed E-state index contributed by atoms with van der Waals surface area (Å²) >= 11 is 1.05. The normalized spacial score (nSPS) is 10.5. The van der Waals surface area contributed by atoms with Crippen LogP contribution in [0.15, 0.2) is 0 Å². The van der Waals surface area contributed by atoms with Crippen LogP contribution in [0.5, 0.6) is 0 Å². The molecule has 0 fully saturated rings. The second-order valence-corrected chi connectivity index (χ2v) is 4.86. The second-order valence-electron chi connectivity index (χ2n) is 4.11. The zero-order chi connectivity index (χ0) is 13.7. The van der Waals surface area contributed by atoms with E-state index >= 15 is 0 Å². The molecule has 0 aliphatic heterocycles. The SMILES string of the molecule is CCOC(=O)CN(C)C(=O)c1snnc1C(C)C. The number of hydrogen-bond acceptors (Lipinski definition) is 6. The maximum absolute atomic E-state index is 12.1. The van der Waals surface area contributed by atoms with Gasteiger partial charge in [0.25, 0.3) is 5.91 Å². The molecule has 7 heteroatoms. The van der Waals surface area contributed by atoms with Gasteiger partial charge in [-0.2, -0.15) is 0 Å². The molecule has 0 aliphatic carbocycles. The maximum atomic E-state index is 12.1. The Hall–Kier alpha value is -1.50. The molecule has 1 rings (SSSR count). The van der Waals surface area contributed by atoms with Crippen LogP contribution in [0, 0.1) is 0 Å². The molecule has 0 bridgehead atoms. The van der Waals surface area contributed by atoms with E-state index in [1.54, 1.807) is 14.0 Å².